The summed E-state index contributed by atoms with van der Waals surface area (Å²) in [6.07, 6.45) is 2.00. The highest BCUT2D eigenvalue weighted by atomic mass is 16.1. The van der Waals surface area contributed by atoms with Crippen LogP contribution in [-0.4, -0.2) is 21.1 Å². The Hall–Kier alpha value is -3.67. The number of rotatable bonds is 4. The number of carbonyl (C=O) groups is 1. The number of carbonyl (C=O) groups excluding carboxylic acids is 1. The molecule has 0 unspecified atom stereocenters. The molecule has 0 aliphatic carbocycles. The van der Waals surface area contributed by atoms with Gasteiger partial charge >= 0.3 is 0 Å². The van der Waals surface area contributed by atoms with Crippen LogP contribution in [-0.2, 0) is 11.2 Å². The van der Waals surface area contributed by atoms with Gasteiger partial charge in [0.05, 0.1) is 11.9 Å². The highest BCUT2D eigenvalue weighted by Crippen LogP contribution is 2.27. The van der Waals surface area contributed by atoms with Crippen LogP contribution in [0.5, 0.6) is 0 Å². The third-order valence-corrected chi connectivity index (χ3v) is 4.57. The number of amides is 1. The molecule has 0 spiro atoms. The van der Waals surface area contributed by atoms with Crippen molar-refractivity contribution >= 4 is 28.4 Å². The molecule has 0 radical (unpaired) electrons. The second kappa shape index (κ2) is 6.92. The fraction of sp³-hybridized carbons (Fsp3) is 0.0952. The van der Waals surface area contributed by atoms with Gasteiger partial charge in [0.25, 0.3) is 0 Å². The predicted molar refractivity (Wildman–Crippen MR) is 107 cm³/mol. The minimum absolute atomic E-state index is 0.0940. The minimum atomic E-state index is -0.0940. The van der Waals surface area contributed by atoms with E-state index in [-0.39, 0.29) is 5.91 Å². The Morgan fingerprint density at radius 1 is 1.11 bits per heavy atom. The Labute approximate surface area is 156 Å². The summed E-state index contributed by atoms with van der Waals surface area (Å²) in [6, 6.07) is 17.5. The second-order valence-corrected chi connectivity index (χ2v) is 6.45. The molecule has 134 valence electrons. The fourth-order valence-corrected chi connectivity index (χ4v) is 3.06. The number of hydrogen-bond donors (Lipinski definition) is 3. The van der Waals surface area contributed by atoms with Crippen molar-refractivity contribution in [3.05, 3.63) is 71.9 Å². The first-order valence-corrected chi connectivity index (χ1v) is 8.64. The van der Waals surface area contributed by atoms with E-state index < -0.39 is 0 Å². The van der Waals surface area contributed by atoms with Crippen molar-refractivity contribution < 1.29 is 4.79 Å². The SMILES string of the molecule is Cc1ccccc1CC(=O)Nc1cc(-c2ccc3[nH]nc(N)c3c2)ccn1. The van der Waals surface area contributed by atoms with E-state index in [4.69, 9.17) is 5.73 Å². The average molecular weight is 357 g/mol. The number of aromatic amines is 1. The molecule has 0 bridgehead atoms. The number of nitrogens with one attached hydrogen (secondary N) is 2. The molecule has 0 saturated carbocycles. The predicted octanol–water partition coefficient (Wildman–Crippen LogP) is 3.70. The highest BCUT2D eigenvalue weighted by molar-refractivity contribution is 5.94. The first kappa shape index (κ1) is 16.8. The molecule has 2 heterocycles. The maximum atomic E-state index is 12.4. The van der Waals surface area contributed by atoms with E-state index in [0.29, 0.717) is 18.1 Å². The maximum absolute atomic E-state index is 12.4. The van der Waals surface area contributed by atoms with E-state index in [2.05, 4.69) is 20.5 Å². The zero-order valence-corrected chi connectivity index (χ0v) is 14.9. The first-order chi connectivity index (χ1) is 13.1. The molecule has 0 fully saturated rings. The molecule has 0 atom stereocenters. The second-order valence-electron chi connectivity index (χ2n) is 6.45. The van der Waals surface area contributed by atoms with Gasteiger partial charge < -0.3 is 11.1 Å². The normalized spacial score (nSPS) is 10.9. The van der Waals surface area contributed by atoms with Gasteiger partial charge in [-0.25, -0.2) is 4.98 Å². The van der Waals surface area contributed by atoms with Crippen molar-refractivity contribution in [3.63, 3.8) is 0 Å². The van der Waals surface area contributed by atoms with Crippen LogP contribution in [0.2, 0.25) is 0 Å². The van der Waals surface area contributed by atoms with Gasteiger partial charge in [0.1, 0.15) is 5.82 Å². The number of nitrogens with two attached hydrogens (primary N) is 1. The Bertz CT molecular complexity index is 1130. The molecule has 2 aromatic heterocycles. The summed E-state index contributed by atoms with van der Waals surface area (Å²) < 4.78 is 0. The van der Waals surface area contributed by atoms with Gasteiger partial charge in [-0.2, -0.15) is 5.10 Å². The lowest BCUT2D eigenvalue weighted by atomic mass is 10.0. The molecule has 0 aliphatic heterocycles. The Kier molecular flexibility index (Phi) is 4.30. The number of aryl methyl sites for hydroxylation is 1. The van der Waals surface area contributed by atoms with Gasteiger partial charge in [0.2, 0.25) is 5.91 Å². The zero-order valence-electron chi connectivity index (χ0n) is 14.9. The van der Waals surface area contributed by atoms with Crippen LogP contribution in [0.4, 0.5) is 11.6 Å². The quantitative estimate of drug-likeness (QED) is 0.519. The van der Waals surface area contributed by atoms with Gasteiger partial charge in [-0.1, -0.05) is 30.3 Å². The summed E-state index contributed by atoms with van der Waals surface area (Å²) in [4.78, 5) is 16.7. The van der Waals surface area contributed by atoms with E-state index in [0.717, 1.165) is 33.2 Å². The molecule has 0 aliphatic rings. The van der Waals surface area contributed by atoms with Crippen LogP contribution in [0.1, 0.15) is 11.1 Å². The molecule has 4 aromatic rings. The molecule has 6 heteroatoms. The number of fused-ring (bicyclic) bond motifs is 1. The average Bonchev–Trinajstić information content (AvgIpc) is 3.04. The topological polar surface area (TPSA) is 96.7 Å². The molecule has 2 aromatic carbocycles. The van der Waals surface area contributed by atoms with Gasteiger partial charge in [0, 0.05) is 11.6 Å². The first-order valence-electron chi connectivity index (χ1n) is 8.64. The molecule has 4 N–H and O–H groups in total. The number of benzene rings is 2. The lowest BCUT2D eigenvalue weighted by Gasteiger charge is -2.08. The number of pyridine rings is 1. The van der Waals surface area contributed by atoms with E-state index in [1.54, 1.807) is 6.20 Å². The summed E-state index contributed by atoms with van der Waals surface area (Å²) in [7, 11) is 0. The molecule has 6 nitrogen and oxygen atoms in total. The largest absolute Gasteiger partial charge is 0.382 e. The van der Waals surface area contributed by atoms with Crippen LogP contribution >= 0.6 is 0 Å². The van der Waals surface area contributed by atoms with Crippen LogP contribution in [0, 0.1) is 6.92 Å². The van der Waals surface area contributed by atoms with Gasteiger partial charge in [-0.15, -0.1) is 0 Å². The number of hydrogen-bond acceptors (Lipinski definition) is 4. The molecular weight excluding hydrogens is 338 g/mol. The molecule has 4 rings (SSSR count). The smallest absolute Gasteiger partial charge is 0.229 e. The fourth-order valence-electron chi connectivity index (χ4n) is 3.06. The number of nitrogens with zero attached hydrogens (tertiary/aromatic N) is 2. The van der Waals surface area contributed by atoms with Crippen molar-refractivity contribution in [2.75, 3.05) is 11.1 Å². The summed E-state index contributed by atoms with van der Waals surface area (Å²) in [5.41, 5.74) is 10.8. The van der Waals surface area contributed by atoms with Crippen LogP contribution in [0.3, 0.4) is 0 Å². The minimum Gasteiger partial charge on any atom is -0.382 e. The van der Waals surface area contributed by atoms with Crippen LogP contribution in [0.15, 0.2) is 60.8 Å². The van der Waals surface area contributed by atoms with Gasteiger partial charge in [-0.3, -0.25) is 9.89 Å². The summed E-state index contributed by atoms with van der Waals surface area (Å²) >= 11 is 0. The summed E-state index contributed by atoms with van der Waals surface area (Å²) in [5, 5.41) is 10.7. The van der Waals surface area contributed by atoms with E-state index in [1.165, 1.54) is 0 Å². The van der Waals surface area contributed by atoms with Gasteiger partial charge in [0.15, 0.2) is 5.82 Å². The number of H-pyrrole nitrogens is 1. The Morgan fingerprint density at radius 2 is 1.93 bits per heavy atom. The molecule has 1 amide bonds. The van der Waals surface area contributed by atoms with Crippen molar-refractivity contribution in [2.45, 2.75) is 13.3 Å². The number of aromatic nitrogens is 3. The Balaban J connectivity index is 1.55. The molecule has 0 saturated heterocycles. The Morgan fingerprint density at radius 3 is 2.78 bits per heavy atom. The maximum Gasteiger partial charge on any atom is 0.229 e. The summed E-state index contributed by atoms with van der Waals surface area (Å²) in [6.45, 7) is 2.00. The van der Waals surface area contributed by atoms with Crippen molar-refractivity contribution in [1.29, 1.82) is 0 Å². The van der Waals surface area contributed by atoms with E-state index in [1.807, 2.05) is 61.5 Å². The number of nitrogen functional groups attached to an aromatic ring is 1. The third kappa shape index (κ3) is 3.50. The van der Waals surface area contributed by atoms with Crippen molar-refractivity contribution in [1.82, 2.24) is 15.2 Å². The standard InChI is InChI=1S/C21H19N5O/c1-13-4-2-3-5-14(13)12-20(27)24-19-11-16(8-9-23-19)15-6-7-18-17(10-15)21(22)26-25-18/h2-11H,12H2,1H3,(H3,22,25,26)(H,23,24,27). The van der Waals surface area contributed by atoms with Gasteiger partial charge in [-0.05, 0) is 53.4 Å². The van der Waals surface area contributed by atoms with Crippen molar-refractivity contribution in [2.24, 2.45) is 0 Å². The summed E-state index contributed by atoms with van der Waals surface area (Å²) in [5.74, 6) is 0.891. The number of anilines is 2. The van der Waals surface area contributed by atoms with E-state index >= 15 is 0 Å². The third-order valence-electron chi connectivity index (χ3n) is 4.57. The molecule has 27 heavy (non-hydrogen) atoms. The lowest BCUT2D eigenvalue weighted by molar-refractivity contribution is -0.115. The van der Waals surface area contributed by atoms with Crippen LogP contribution < -0.4 is 11.1 Å². The van der Waals surface area contributed by atoms with Crippen LogP contribution in [0.25, 0.3) is 22.0 Å². The zero-order chi connectivity index (χ0) is 18.8. The monoisotopic (exact) mass is 357 g/mol. The highest BCUT2D eigenvalue weighted by Gasteiger charge is 2.09. The molecular formula is C21H19N5O. The van der Waals surface area contributed by atoms with Crippen molar-refractivity contribution in [3.8, 4) is 11.1 Å². The lowest BCUT2D eigenvalue weighted by Crippen LogP contribution is -2.15. The van der Waals surface area contributed by atoms with E-state index in [9.17, 15) is 4.79 Å².